The molecule has 0 aliphatic carbocycles. The van der Waals surface area contributed by atoms with Gasteiger partial charge in [0.15, 0.2) is 0 Å². The van der Waals surface area contributed by atoms with E-state index in [1.165, 1.54) is 0 Å². The molecule has 2 aromatic carbocycles. The molecule has 7 nitrogen and oxygen atoms in total. The number of hydrogen-bond acceptors (Lipinski definition) is 5. The summed E-state index contributed by atoms with van der Waals surface area (Å²) >= 11 is 0. The number of ether oxygens (including phenoxy) is 2. The molecule has 3 rings (SSSR count). The van der Waals surface area contributed by atoms with E-state index in [0.717, 1.165) is 16.9 Å². The Morgan fingerprint density at radius 1 is 1.00 bits per heavy atom. The zero-order valence-corrected chi connectivity index (χ0v) is 15.5. The average Bonchev–Trinajstić information content (AvgIpc) is 2.93. The van der Waals surface area contributed by atoms with Crippen LogP contribution < -0.4 is 9.47 Å². The van der Waals surface area contributed by atoms with E-state index in [9.17, 15) is 14.9 Å². The minimum Gasteiger partial charge on any atom is -0.497 e. The van der Waals surface area contributed by atoms with E-state index >= 15 is 0 Å². The molecule has 3 atom stereocenters. The number of benzene rings is 2. The van der Waals surface area contributed by atoms with Crippen molar-refractivity contribution in [2.24, 2.45) is 5.92 Å². The van der Waals surface area contributed by atoms with Gasteiger partial charge in [0.05, 0.1) is 14.2 Å². The SMILES string of the molecule is COc1ccc(CN2C(=O)C(C)C([N+](=O)[O-])C2c2ccc(OC)cc2)cc1. The predicted octanol–water partition coefficient (Wildman–Crippen LogP) is 3.07. The van der Waals surface area contributed by atoms with E-state index in [1.54, 1.807) is 50.3 Å². The van der Waals surface area contributed by atoms with E-state index < -0.39 is 18.0 Å². The van der Waals surface area contributed by atoms with E-state index in [-0.39, 0.29) is 10.8 Å². The Morgan fingerprint density at radius 3 is 2.00 bits per heavy atom. The molecule has 7 heteroatoms. The van der Waals surface area contributed by atoms with Gasteiger partial charge in [-0.1, -0.05) is 24.3 Å². The van der Waals surface area contributed by atoms with Crippen molar-refractivity contribution < 1.29 is 19.2 Å². The summed E-state index contributed by atoms with van der Waals surface area (Å²) in [7, 11) is 3.15. The number of hydrogen-bond donors (Lipinski definition) is 0. The molecule has 2 aromatic rings. The van der Waals surface area contributed by atoms with Crippen LogP contribution in [0.25, 0.3) is 0 Å². The van der Waals surface area contributed by atoms with Crippen LogP contribution in [-0.4, -0.2) is 36.0 Å². The Morgan fingerprint density at radius 2 is 1.52 bits per heavy atom. The maximum absolute atomic E-state index is 12.8. The predicted molar refractivity (Wildman–Crippen MR) is 99.2 cm³/mol. The summed E-state index contributed by atoms with van der Waals surface area (Å²) < 4.78 is 10.3. The van der Waals surface area contributed by atoms with Crippen molar-refractivity contribution in [2.75, 3.05) is 14.2 Å². The van der Waals surface area contributed by atoms with E-state index in [0.29, 0.717) is 12.3 Å². The highest BCUT2D eigenvalue weighted by Crippen LogP contribution is 2.39. The van der Waals surface area contributed by atoms with Crippen molar-refractivity contribution in [1.82, 2.24) is 4.90 Å². The zero-order valence-electron chi connectivity index (χ0n) is 15.5. The molecule has 0 saturated carbocycles. The Labute approximate surface area is 157 Å². The second kappa shape index (κ2) is 7.65. The van der Waals surface area contributed by atoms with Crippen LogP contribution in [0.3, 0.4) is 0 Å². The number of nitro groups is 1. The molecule has 1 saturated heterocycles. The van der Waals surface area contributed by atoms with Gasteiger partial charge in [-0.15, -0.1) is 0 Å². The molecule has 0 aromatic heterocycles. The van der Waals surface area contributed by atoms with Crippen LogP contribution in [0, 0.1) is 16.0 Å². The van der Waals surface area contributed by atoms with Crippen molar-refractivity contribution in [3.05, 3.63) is 69.8 Å². The second-order valence-corrected chi connectivity index (χ2v) is 6.60. The summed E-state index contributed by atoms with van der Waals surface area (Å²) in [4.78, 5) is 25.8. The lowest BCUT2D eigenvalue weighted by molar-refractivity contribution is -0.532. The molecular formula is C20H22N2O5. The molecule has 1 fully saturated rings. The number of amides is 1. The molecule has 0 N–H and O–H groups in total. The summed E-state index contributed by atoms with van der Waals surface area (Å²) in [6.07, 6.45) is 0. The van der Waals surface area contributed by atoms with Gasteiger partial charge in [-0.2, -0.15) is 0 Å². The Balaban J connectivity index is 1.96. The normalized spacial score (nSPS) is 22.0. The number of methoxy groups -OCH3 is 2. The zero-order chi connectivity index (χ0) is 19.6. The molecule has 0 spiro atoms. The van der Waals surface area contributed by atoms with Gasteiger partial charge in [-0.3, -0.25) is 14.9 Å². The molecule has 1 amide bonds. The third kappa shape index (κ3) is 3.58. The molecule has 1 aliphatic heterocycles. The quantitative estimate of drug-likeness (QED) is 0.576. The fraction of sp³-hybridized carbons (Fsp3) is 0.350. The van der Waals surface area contributed by atoms with Gasteiger partial charge < -0.3 is 14.4 Å². The first-order chi connectivity index (χ1) is 13.0. The first-order valence-corrected chi connectivity index (χ1v) is 8.67. The molecule has 27 heavy (non-hydrogen) atoms. The summed E-state index contributed by atoms with van der Waals surface area (Å²) in [5.74, 6) is 0.476. The minimum absolute atomic E-state index is 0.215. The van der Waals surface area contributed by atoms with Gasteiger partial charge in [0.1, 0.15) is 23.5 Å². The second-order valence-electron chi connectivity index (χ2n) is 6.60. The van der Waals surface area contributed by atoms with Gasteiger partial charge >= 0.3 is 0 Å². The standard InChI is InChI=1S/C20H22N2O5/c1-13-18(22(24)25)19(15-6-10-17(27-3)11-7-15)21(20(13)23)12-14-4-8-16(26-2)9-5-14/h4-11,13,18-19H,12H2,1-3H3. The third-order valence-electron chi connectivity index (χ3n) is 5.06. The van der Waals surface area contributed by atoms with Crippen molar-refractivity contribution >= 4 is 5.91 Å². The largest absolute Gasteiger partial charge is 0.497 e. The molecular weight excluding hydrogens is 348 g/mol. The summed E-state index contributed by atoms with van der Waals surface area (Å²) in [6.45, 7) is 1.93. The van der Waals surface area contributed by atoms with E-state index in [1.807, 2.05) is 24.3 Å². The lowest BCUT2D eigenvalue weighted by atomic mass is 9.95. The minimum atomic E-state index is -0.996. The summed E-state index contributed by atoms with van der Waals surface area (Å²) in [6, 6.07) is 12.8. The molecule has 0 radical (unpaired) electrons. The highest BCUT2D eigenvalue weighted by atomic mass is 16.6. The van der Waals surface area contributed by atoms with Crippen molar-refractivity contribution in [3.8, 4) is 11.5 Å². The van der Waals surface area contributed by atoms with Crippen LogP contribution in [0.15, 0.2) is 48.5 Å². The van der Waals surface area contributed by atoms with E-state index in [2.05, 4.69) is 0 Å². The highest BCUT2D eigenvalue weighted by Gasteiger charge is 2.53. The average molecular weight is 370 g/mol. The van der Waals surface area contributed by atoms with Crippen molar-refractivity contribution in [1.29, 1.82) is 0 Å². The van der Waals surface area contributed by atoms with Crippen molar-refractivity contribution in [3.63, 3.8) is 0 Å². The monoisotopic (exact) mass is 370 g/mol. The lowest BCUT2D eigenvalue weighted by Gasteiger charge is -2.25. The van der Waals surface area contributed by atoms with E-state index in [4.69, 9.17) is 9.47 Å². The molecule has 1 aliphatic rings. The number of rotatable bonds is 6. The number of carbonyl (C=O) groups excluding carboxylic acids is 1. The fourth-order valence-corrected chi connectivity index (χ4v) is 3.58. The lowest BCUT2D eigenvalue weighted by Crippen LogP contribution is -2.32. The first-order valence-electron chi connectivity index (χ1n) is 8.67. The molecule has 3 unspecified atom stereocenters. The Hall–Kier alpha value is -3.09. The van der Waals surface area contributed by atoms with Crippen molar-refractivity contribution in [2.45, 2.75) is 25.6 Å². The Kier molecular flexibility index (Phi) is 5.30. The topological polar surface area (TPSA) is 81.9 Å². The molecule has 142 valence electrons. The third-order valence-corrected chi connectivity index (χ3v) is 5.06. The number of carbonyl (C=O) groups is 1. The Bertz CT molecular complexity index is 819. The maximum Gasteiger partial charge on any atom is 0.248 e. The fourth-order valence-electron chi connectivity index (χ4n) is 3.58. The van der Waals surface area contributed by atoms with Crippen LogP contribution in [0.2, 0.25) is 0 Å². The van der Waals surface area contributed by atoms with Crippen LogP contribution in [0.5, 0.6) is 11.5 Å². The molecule has 0 bridgehead atoms. The van der Waals surface area contributed by atoms with Crippen LogP contribution in [0.1, 0.15) is 24.1 Å². The van der Waals surface area contributed by atoms with Crippen LogP contribution >= 0.6 is 0 Å². The smallest absolute Gasteiger partial charge is 0.248 e. The number of nitrogens with zero attached hydrogens (tertiary/aromatic N) is 2. The van der Waals surface area contributed by atoms with Gasteiger partial charge in [-0.05, 0) is 42.3 Å². The van der Waals surface area contributed by atoms with Crippen LogP contribution in [-0.2, 0) is 11.3 Å². The summed E-state index contributed by atoms with van der Waals surface area (Å²) in [5, 5.41) is 11.7. The van der Waals surface area contributed by atoms with Gasteiger partial charge in [-0.25, -0.2) is 0 Å². The molecule has 1 heterocycles. The maximum atomic E-state index is 12.8. The van der Waals surface area contributed by atoms with Gasteiger partial charge in [0.25, 0.3) is 0 Å². The van der Waals surface area contributed by atoms with Gasteiger partial charge in [0.2, 0.25) is 11.9 Å². The van der Waals surface area contributed by atoms with Crippen LogP contribution in [0.4, 0.5) is 0 Å². The summed E-state index contributed by atoms with van der Waals surface area (Å²) in [5.41, 5.74) is 1.61. The van der Waals surface area contributed by atoms with Gasteiger partial charge in [0, 0.05) is 11.5 Å². The number of likely N-dealkylation sites (tertiary alicyclic amines) is 1. The highest BCUT2D eigenvalue weighted by molar-refractivity contribution is 5.82. The first kappa shape index (κ1) is 18.7.